The Morgan fingerprint density at radius 3 is 2.59 bits per heavy atom. The average molecular weight is 406 g/mol. The van der Waals surface area contributed by atoms with Gasteiger partial charge in [-0.05, 0) is 42.7 Å². The van der Waals surface area contributed by atoms with Crippen LogP contribution in [0.1, 0.15) is 50.4 Å². The second kappa shape index (κ2) is 7.31. The number of fused-ring (bicyclic) bond motifs is 2. The van der Waals surface area contributed by atoms with Crippen molar-refractivity contribution < 1.29 is 28.6 Å². The molecule has 0 unspecified atom stereocenters. The summed E-state index contributed by atoms with van der Waals surface area (Å²) in [4.78, 5) is 39.6. The van der Waals surface area contributed by atoms with E-state index < -0.39 is 40.6 Å². The van der Waals surface area contributed by atoms with E-state index in [0.29, 0.717) is 19.4 Å². The summed E-state index contributed by atoms with van der Waals surface area (Å²) in [5.74, 6) is -2.93. The predicted octanol–water partition coefficient (Wildman–Crippen LogP) is 2.44. The van der Waals surface area contributed by atoms with Crippen LogP contribution < -0.4 is 10.1 Å². The number of carbonyl (C=O) groups is 3. The molecule has 3 atom stereocenters. The number of nitrogens with one attached hydrogen (secondary N) is 1. The molecule has 0 aromatic heterocycles. The third kappa shape index (κ3) is 3.56. The fourth-order valence-corrected chi connectivity index (χ4v) is 4.43. The fraction of sp³-hybridized carbons (Fsp3) is 0.571. The average Bonchev–Trinajstić information content (AvgIpc) is 3.25. The molecule has 0 radical (unpaired) electrons. The van der Waals surface area contributed by atoms with Crippen LogP contribution in [0.4, 0.5) is 4.39 Å². The molecule has 1 aromatic carbocycles. The van der Waals surface area contributed by atoms with E-state index in [9.17, 15) is 23.9 Å². The molecule has 8 heteroatoms. The second-order valence-electron chi connectivity index (χ2n) is 8.99. The topological polar surface area (TPSA) is 95.9 Å². The van der Waals surface area contributed by atoms with Crippen LogP contribution in [-0.4, -0.2) is 53.0 Å². The summed E-state index contributed by atoms with van der Waals surface area (Å²) >= 11 is 0. The number of amides is 2. The van der Waals surface area contributed by atoms with Gasteiger partial charge in [-0.2, -0.15) is 0 Å². The van der Waals surface area contributed by atoms with Gasteiger partial charge >= 0.3 is 5.97 Å². The van der Waals surface area contributed by atoms with Crippen molar-refractivity contribution in [2.45, 2.75) is 51.6 Å². The largest absolute Gasteiger partial charge is 0.494 e. The van der Waals surface area contributed by atoms with E-state index in [-0.39, 0.29) is 17.2 Å². The molecule has 1 aliphatic carbocycles. The smallest absolute Gasteiger partial charge is 0.329 e. The molecule has 1 aliphatic heterocycles. The molecule has 2 amide bonds. The minimum absolute atomic E-state index is 0.0713. The van der Waals surface area contributed by atoms with Gasteiger partial charge in [0.2, 0.25) is 5.91 Å². The minimum atomic E-state index is -1.21. The Morgan fingerprint density at radius 1 is 1.34 bits per heavy atom. The highest BCUT2D eigenvalue weighted by Crippen LogP contribution is 2.47. The number of carboxylic acid groups (broad SMARTS) is 1. The Labute approximate surface area is 169 Å². The Morgan fingerprint density at radius 2 is 2.03 bits per heavy atom. The van der Waals surface area contributed by atoms with Gasteiger partial charge in [-0.25, -0.2) is 9.18 Å². The SMILES string of the molecule is COc1cccc(C(=O)N[C@H](C(=O)N2C[C@@H]3CC[C@@]2(C(=O)O)C3)C(C)(C)C)c1F. The van der Waals surface area contributed by atoms with Gasteiger partial charge in [-0.15, -0.1) is 0 Å². The third-order valence-corrected chi connectivity index (χ3v) is 6.03. The molecular weight excluding hydrogens is 379 g/mol. The lowest BCUT2D eigenvalue weighted by molar-refractivity contribution is -0.159. The van der Waals surface area contributed by atoms with E-state index >= 15 is 0 Å². The highest BCUT2D eigenvalue weighted by atomic mass is 19.1. The first-order valence-corrected chi connectivity index (χ1v) is 9.69. The summed E-state index contributed by atoms with van der Waals surface area (Å²) in [7, 11) is 1.30. The van der Waals surface area contributed by atoms with Crippen molar-refractivity contribution in [2.24, 2.45) is 11.3 Å². The molecule has 2 fully saturated rings. The first-order chi connectivity index (χ1) is 13.5. The Hall–Kier alpha value is -2.64. The molecule has 1 heterocycles. The highest BCUT2D eigenvalue weighted by Gasteiger charge is 2.59. The van der Waals surface area contributed by atoms with E-state index in [1.54, 1.807) is 20.8 Å². The molecule has 1 saturated heterocycles. The number of carbonyl (C=O) groups excluding carboxylic acids is 2. The number of hydrogen-bond acceptors (Lipinski definition) is 4. The monoisotopic (exact) mass is 406 g/mol. The number of piperidine rings is 1. The number of ether oxygens (including phenoxy) is 1. The zero-order valence-corrected chi connectivity index (χ0v) is 17.1. The number of carboxylic acids is 1. The molecule has 158 valence electrons. The van der Waals surface area contributed by atoms with E-state index in [1.165, 1.54) is 30.2 Å². The summed E-state index contributed by atoms with van der Waals surface area (Å²) < 4.78 is 19.4. The number of hydrogen-bond donors (Lipinski definition) is 2. The van der Waals surface area contributed by atoms with Crippen molar-refractivity contribution in [3.63, 3.8) is 0 Å². The Kier molecular flexibility index (Phi) is 5.32. The second-order valence-corrected chi connectivity index (χ2v) is 8.99. The highest BCUT2D eigenvalue weighted by molar-refractivity contribution is 5.99. The van der Waals surface area contributed by atoms with E-state index in [4.69, 9.17) is 4.74 Å². The van der Waals surface area contributed by atoms with Gasteiger partial charge in [0.25, 0.3) is 5.91 Å². The zero-order chi connectivity index (χ0) is 21.6. The number of aliphatic carboxylic acids is 1. The van der Waals surface area contributed by atoms with Crippen LogP contribution in [0.3, 0.4) is 0 Å². The molecule has 2 N–H and O–H groups in total. The number of methoxy groups -OCH3 is 1. The standard InChI is InChI=1S/C21H27FN2O5/c1-20(2,3)16(23-17(25)13-6-5-7-14(29-4)15(13)22)18(26)24-11-12-8-9-21(24,10-12)19(27)28/h5-7,12,16H,8-11H2,1-4H3,(H,23,25)(H,27,28)/t12-,16-,21+/m1/s1. The van der Waals surface area contributed by atoms with Crippen molar-refractivity contribution in [1.82, 2.24) is 10.2 Å². The lowest BCUT2D eigenvalue weighted by Crippen LogP contribution is -2.61. The fourth-order valence-electron chi connectivity index (χ4n) is 4.43. The van der Waals surface area contributed by atoms with Gasteiger partial charge in [0.15, 0.2) is 11.6 Å². The number of nitrogens with zero attached hydrogens (tertiary/aromatic N) is 1. The van der Waals surface area contributed by atoms with Crippen LogP contribution in [0.15, 0.2) is 18.2 Å². The molecule has 2 aliphatic rings. The Balaban J connectivity index is 1.89. The van der Waals surface area contributed by atoms with Crippen LogP contribution in [0.5, 0.6) is 5.75 Å². The van der Waals surface area contributed by atoms with Crippen LogP contribution in [0, 0.1) is 17.2 Å². The van der Waals surface area contributed by atoms with Crippen molar-refractivity contribution >= 4 is 17.8 Å². The first kappa shape index (κ1) is 21.1. The van der Waals surface area contributed by atoms with Gasteiger partial charge in [-0.3, -0.25) is 9.59 Å². The molecular formula is C21H27FN2O5. The molecule has 0 spiro atoms. The van der Waals surface area contributed by atoms with E-state index in [2.05, 4.69) is 5.32 Å². The van der Waals surface area contributed by atoms with Crippen molar-refractivity contribution in [2.75, 3.05) is 13.7 Å². The van der Waals surface area contributed by atoms with Crippen LogP contribution in [0.2, 0.25) is 0 Å². The van der Waals surface area contributed by atoms with Gasteiger partial charge in [0.05, 0.1) is 12.7 Å². The normalized spacial score (nSPS) is 24.3. The van der Waals surface area contributed by atoms with Gasteiger partial charge < -0.3 is 20.1 Å². The third-order valence-electron chi connectivity index (χ3n) is 6.03. The lowest BCUT2D eigenvalue weighted by atomic mass is 9.84. The summed E-state index contributed by atoms with van der Waals surface area (Å²) in [5, 5.41) is 12.4. The maximum atomic E-state index is 14.5. The first-order valence-electron chi connectivity index (χ1n) is 9.69. The zero-order valence-electron chi connectivity index (χ0n) is 17.1. The number of rotatable bonds is 5. The van der Waals surface area contributed by atoms with Crippen molar-refractivity contribution in [3.05, 3.63) is 29.6 Å². The van der Waals surface area contributed by atoms with Gasteiger partial charge in [0, 0.05) is 6.54 Å². The van der Waals surface area contributed by atoms with Gasteiger partial charge in [0.1, 0.15) is 11.6 Å². The van der Waals surface area contributed by atoms with E-state index in [0.717, 1.165) is 6.42 Å². The molecule has 7 nitrogen and oxygen atoms in total. The maximum absolute atomic E-state index is 14.5. The molecule has 3 rings (SSSR count). The Bertz CT molecular complexity index is 850. The van der Waals surface area contributed by atoms with Crippen LogP contribution >= 0.6 is 0 Å². The minimum Gasteiger partial charge on any atom is -0.494 e. The quantitative estimate of drug-likeness (QED) is 0.783. The van der Waals surface area contributed by atoms with Gasteiger partial charge in [-0.1, -0.05) is 26.8 Å². The van der Waals surface area contributed by atoms with Crippen LogP contribution in [0.25, 0.3) is 0 Å². The molecule has 1 aromatic rings. The predicted molar refractivity (Wildman–Crippen MR) is 103 cm³/mol. The number of benzene rings is 1. The molecule has 1 saturated carbocycles. The number of halogens is 1. The summed E-state index contributed by atoms with van der Waals surface area (Å²) in [6.07, 6.45) is 1.62. The van der Waals surface area contributed by atoms with Crippen molar-refractivity contribution in [3.8, 4) is 5.75 Å². The molecule has 29 heavy (non-hydrogen) atoms. The van der Waals surface area contributed by atoms with E-state index in [1.807, 2.05) is 0 Å². The van der Waals surface area contributed by atoms with Crippen molar-refractivity contribution in [1.29, 1.82) is 0 Å². The lowest BCUT2D eigenvalue weighted by Gasteiger charge is -2.40. The number of likely N-dealkylation sites (tertiary alicyclic amines) is 1. The van der Waals surface area contributed by atoms with Crippen LogP contribution in [-0.2, 0) is 9.59 Å². The maximum Gasteiger partial charge on any atom is 0.329 e. The summed E-state index contributed by atoms with van der Waals surface area (Å²) in [5.41, 5.74) is -2.15. The summed E-state index contributed by atoms with van der Waals surface area (Å²) in [6.45, 7) is 5.69. The molecule has 2 bridgehead atoms. The summed E-state index contributed by atoms with van der Waals surface area (Å²) in [6, 6.07) is 3.20.